The number of fused-ring (bicyclic) bond motifs is 1. The van der Waals surface area contributed by atoms with Crippen LogP contribution in [-0.4, -0.2) is 33.9 Å². The van der Waals surface area contributed by atoms with E-state index >= 15 is 0 Å². The van der Waals surface area contributed by atoms with Crippen LogP contribution in [0.4, 0.5) is 30.4 Å². The van der Waals surface area contributed by atoms with Gasteiger partial charge >= 0.3 is 6.18 Å². The molecule has 1 aromatic heterocycles. The molecule has 0 unspecified atom stereocenters. The standard InChI is InChI=1S/C21H17ClF3N5O4/c1-34-14-8-12(7-13(9-14)30(32)33)26-20(31)18-17(22)19-27-15(11-5-3-2-4-6-11)10-16(21(23,24)25)29(19)28-18/h2-9,15-16,27H,10H2,1H3,(H,26,31)/t15-,16-/m1/s1. The predicted molar refractivity (Wildman–Crippen MR) is 117 cm³/mol. The Balaban J connectivity index is 1.70. The van der Waals surface area contributed by atoms with Gasteiger partial charge in [-0.05, 0) is 5.56 Å². The Hall–Kier alpha value is -3.80. The van der Waals surface area contributed by atoms with Gasteiger partial charge in [-0.2, -0.15) is 18.3 Å². The summed E-state index contributed by atoms with van der Waals surface area (Å²) in [5.74, 6) is -0.983. The zero-order valence-corrected chi connectivity index (χ0v) is 18.2. The van der Waals surface area contributed by atoms with E-state index in [1.54, 1.807) is 30.3 Å². The number of carbonyl (C=O) groups excluding carboxylic acids is 1. The van der Waals surface area contributed by atoms with Crippen molar-refractivity contribution in [3.8, 4) is 5.75 Å². The number of nitro benzene ring substituents is 1. The van der Waals surface area contributed by atoms with Crippen LogP contribution >= 0.6 is 11.6 Å². The lowest BCUT2D eigenvalue weighted by molar-refractivity contribution is -0.384. The average Bonchev–Trinajstić information content (AvgIpc) is 3.14. The fourth-order valence-electron chi connectivity index (χ4n) is 3.71. The fraction of sp³-hybridized carbons (Fsp3) is 0.238. The summed E-state index contributed by atoms with van der Waals surface area (Å²) in [6.45, 7) is 0. The number of rotatable bonds is 5. The number of hydrogen-bond acceptors (Lipinski definition) is 6. The van der Waals surface area contributed by atoms with Crippen molar-refractivity contribution in [2.24, 2.45) is 0 Å². The Bertz CT molecular complexity index is 1250. The van der Waals surface area contributed by atoms with E-state index in [1.807, 2.05) is 0 Å². The van der Waals surface area contributed by atoms with Crippen LogP contribution in [0.2, 0.25) is 5.02 Å². The number of aromatic nitrogens is 2. The SMILES string of the molecule is COc1cc(NC(=O)c2nn3c(c2Cl)N[C@@H](c2ccccc2)C[C@@H]3C(F)(F)F)cc([N+](=O)[O-])c1. The first-order chi connectivity index (χ1) is 16.1. The van der Waals surface area contributed by atoms with Gasteiger partial charge in [0.15, 0.2) is 11.7 Å². The molecule has 0 saturated carbocycles. The highest BCUT2D eigenvalue weighted by atomic mass is 35.5. The van der Waals surface area contributed by atoms with Gasteiger partial charge in [0, 0.05) is 18.6 Å². The number of ether oxygens (including phenoxy) is 1. The predicted octanol–water partition coefficient (Wildman–Crippen LogP) is 5.37. The molecule has 2 aromatic carbocycles. The van der Waals surface area contributed by atoms with Gasteiger partial charge in [0.1, 0.15) is 16.6 Å². The summed E-state index contributed by atoms with van der Waals surface area (Å²) in [5, 5.41) is 20.0. The monoisotopic (exact) mass is 495 g/mol. The van der Waals surface area contributed by atoms with Crippen molar-refractivity contribution < 1.29 is 27.6 Å². The molecule has 3 aromatic rings. The van der Waals surface area contributed by atoms with Gasteiger partial charge in [-0.1, -0.05) is 41.9 Å². The van der Waals surface area contributed by atoms with Gasteiger partial charge in [-0.25, -0.2) is 4.68 Å². The Labute approximate surface area is 195 Å². The third kappa shape index (κ3) is 4.49. The number of nitro groups is 1. The lowest BCUT2D eigenvalue weighted by atomic mass is 9.97. The topological polar surface area (TPSA) is 111 Å². The van der Waals surface area contributed by atoms with Gasteiger partial charge in [0.05, 0.1) is 29.8 Å². The maximum Gasteiger partial charge on any atom is 0.410 e. The van der Waals surface area contributed by atoms with Crippen LogP contribution < -0.4 is 15.4 Å². The molecule has 2 heterocycles. The Morgan fingerprint density at radius 1 is 1.29 bits per heavy atom. The number of benzene rings is 2. The number of methoxy groups -OCH3 is 1. The van der Waals surface area contributed by atoms with Crippen LogP contribution in [0, 0.1) is 10.1 Å². The Morgan fingerprint density at radius 2 is 2.00 bits per heavy atom. The molecule has 13 heteroatoms. The number of amides is 1. The lowest BCUT2D eigenvalue weighted by Crippen LogP contribution is -2.35. The number of nitrogens with zero attached hydrogens (tertiary/aromatic N) is 3. The van der Waals surface area contributed by atoms with Crippen LogP contribution in [0.25, 0.3) is 0 Å². The molecule has 4 rings (SSSR count). The second-order valence-corrected chi connectivity index (χ2v) is 7.87. The van der Waals surface area contributed by atoms with Crippen molar-refractivity contribution >= 4 is 34.7 Å². The van der Waals surface area contributed by atoms with Crippen molar-refractivity contribution in [1.82, 2.24) is 9.78 Å². The van der Waals surface area contributed by atoms with E-state index in [0.717, 1.165) is 12.1 Å². The summed E-state index contributed by atoms with van der Waals surface area (Å²) in [4.78, 5) is 23.3. The molecule has 2 N–H and O–H groups in total. The molecule has 0 bridgehead atoms. The number of nitrogens with one attached hydrogen (secondary N) is 2. The maximum absolute atomic E-state index is 13.9. The molecule has 2 atom stereocenters. The smallest absolute Gasteiger partial charge is 0.410 e. The number of anilines is 2. The second kappa shape index (κ2) is 8.86. The lowest BCUT2D eigenvalue weighted by Gasteiger charge is -2.33. The zero-order valence-electron chi connectivity index (χ0n) is 17.5. The van der Waals surface area contributed by atoms with Gasteiger partial charge < -0.3 is 15.4 Å². The molecule has 34 heavy (non-hydrogen) atoms. The summed E-state index contributed by atoms with van der Waals surface area (Å²) in [5.41, 5.74) is -0.206. The summed E-state index contributed by atoms with van der Waals surface area (Å²) in [6, 6.07) is 9.35. The number of non-ortho nitro benzene ring substituents is 1. The fourth-order valence-corrected chi connectivity index (χ4v) is 3.97. The van der Waals surface area contributed by atoms with Gasteiger partial charge in [0.2, 0.25) is 0 Å². The highest BCUT2D eigenvalue weighted by molar-refractivity contribution is 6.36. The van der Waals surface area contributed by atoms with E-state index in [9.17, 15) is 28.1 Å². The molecule has 0 saturated heterocycles. The molecule has 178 valence electrons. The Morgan fingerprint density at radius 3 is 2.62 bits per heavy atom. The van der Waals surface area contributed by atoms with E-state index in [1.165, 1.54) is 13.2 Å². The minimum atomic E-state index is -4.65. The quantitative estimate of drug-likeness (QED) is 0.364. The van der Waals surface area contributed by atoms with Crippen LogP contribution in [0.5, 0.6) is 5.75 Å². The van der Waals surface area contributed by atoms with Gasteiger partial charge in [-0.15, -0.1) is 0 Å². The second-order valence-electron chi connectivity index (χ2n) is 7.49. The minimum Gasteiger partial charge on any atom is -0.496 e. The third-order valence-electron chi connectivity index (χ3n) is 5.31. The summed E-state index contributed by atoms with van der Waals surface area (Å²) in [7, 11) is 1.29. The molecule has 1 aliphatic heterocycles. The summed E-state index contributed by atoms with van der Waals surface area (Å²) < 4.78 is 47.3. The molecule has 1 amide bonds. The van der Waals surface area contributed by atoms with Crippen molar-refractivity contribution in [3.05, 3.63) is 74.9 Å². The Kier molecular flexibility index (Phi) is 6.09. The largest absolute Gasteiger partial charge is 0.496 e. The molecule has 1 aliphatic rings. The van der Waals surface area contributed by atoms with Crippen molar-refractivity contribution in [1.29, 1.82) is 0 Å². The van der Waals surface area contributed by atoms with Crippen LogP contribution in [0.1, 0.15) is 34.6 Å². The molecule has 0 radical (unpaired) electrons. The summed E-state index contributed by atoms with van der Waals surface area (Å²) >= 11 is 6.30. The first-order valence-corrected chi connectivity index (χ1v) is 10.3. The number of alkyl halides is 3. The van der Waals surface area contributed by atoms with E-state index in [0.29, 0.717) is 10.2 Å². The van der Waals surface area contributed by atoms with Crippen molar-refractivity contribution in [3.63, 3.8) is 0 Å². The zero-order chi connectivity index (χ0) is 24.6. The normalized spacial score (nSPS) is 17.4. The van der Waals surface area contributed by atoms with E-state index in [4.69, 9.17) is 16.3 Å². The van der Waals surface area contributed by atoms with Gasteiger partial charge in [-0.3, -0.25) is 14.9 Å². The first kappa shape index (κ1) is 23.4. The van der Waals surface area contributed by atoms with Crippen LogP contribution in [-0.2, 0) is 0 Å². The number of halogens is 4. The molecule has 0 fully saturated rings. The average molecular weight is 496 g/mol. The van der Waals surface area contributed by atoms with Crippen molar-refractivity contribution in [2.75, 3.05) is 17.7 Å². The molecular weight excluding hydrogens is 479 g/mol. The number of hydrogen-bond donors (Lipinski definition) is 2. The highest BCUT2D eigenvalue weighted by Crippen LogP contribution is 2.46. The molecule has 9 nitrogen and oxygen atoms in total. The van der Waals surface area contributed by atoms with Crippen molar-refractivity contribution in [2.45, 2.75) is 24.7 Å². The maximum atomic E-state index is 13.9. The molecular formula is C21H17ClF3N5O4. The van der Waals surface area contributed by atoms with E-state index in [-0.39, 0.29) is 34.4 Å². The highest BCUT2D eigenvalue weighted by Gasteiger charge is 2.47. The molecule has 0 spiro atoms. The van der Waals surface area contributed by atoms with Crippen LogP contribution in [0.3, 0.4) is 0 Å². The summed E-state index contributed by atoms with van der Waals surface area (Å²) in [6.07, 6.45) is -5.01. The van der Waals surface area contributed by atoms with Crippen LogP contribution in [0.15, 0.2) is 48.5 Å². The minimum absolute atomic E-state index is 0.0134. The third-order valence-corrected chi connectivity index (χ3v) is 5.67. The molecule has 0 aliphatic carbocycles. The first-order valence-electron chi connectivity index (χ1n) is 9.89. The van der Waals surface area contributed by atoms with E-state index in [2.05, 4.69) is 15.7 Å². The van der Waals surface area contributed by atoms with Gasteiger partial charge in [0.25, 0.3) is 11.6 Å². The number of carbonyl (C=O) groups is 1. The van der Waals surface area contributed by atoms with E-state index < -0.39 is 34.8 Å².